The average molecular weight is 224 g/mol. The van der Waals surface area contributed by atoms with Gasteiger partial charge in [-0.05, 0) is 37.0 Å². The summed E-state index contributed by atoms with van der Waals surface area (Å²) in [4.78, 5) is 11.8. The summed E-state index contributed by atoms with van der Waals surface area (Å²) in [5, 5.41) is 17.9. The molecule has 3 nitrogen and oxygen atoms in total. The number of carboxylic acids is 1. The maximum Gasteiger partial charge on any atom is 0.317 e. The van der Waals surface area contributed by atoms with Crippen LogP contribution in [0.4, 0.5) is 0 Å². The van der Waals surface area contributed by atoms with E-state index in [1.807, 2.05) is 6.07 Å². The molecule has 1 aromatic carbocycles. The van der Waals surface area contributed by atoms with Crippen LogP contribution in [0.15, 0.2) is 29.2 Å². The molecule has 2 N–H and O–H groups in total. The predicted octanol–water partition coefficient (Wildman–Crippen LogP) is 2.35. The van der Waals surface area contributed by atoms with Crippen LogP contribution in [0.2, 0.25) is 0 Å². The van der Waals surface area contributed by atoms with Gasteiger partial charge in [0.15, 0.2) is 0 Å². The van der Waals surface area contributed by atoms with Gasteiger partial charge in [-0.25, -0.2) is 0 Å². The molecule has 0 radical (unpaired) electrons. The van der Waals surface area contributed by atoms with Crippen LogP contribution in [-0.2, 0) is 4.79 Å². The largest absolute Gasteiger partial charge is 0.508 e. The number of aromatic hydroxyl groups is 1. The van der Waals surface area contributed by atoms with Crippen LogP contribution in [0, 0.1) is 5.92 Å². The molecular formula is C11H12O3S. The number of rotatable bonds is 4. The molecule has 0 amide bonds. The lowest BCUT2D eigenvalue weighted by Crippen LogP contribution is -2.18. The second kappa shape index (κ2) is 4.14. The van der Waals surface area contributed by atoms with Crippen molar-refractivity contribution in [3.8, 4) is 5.75 Å². The normalized spacial score (nSPS) is 17.3. The van der Waals surface area contributed by atoms with Crippen molar-refractivity contribution >= 4 is 17.7 Å². The number of phenols is 1. The number of carboxylic acid groups (broad SMARTS) is 1. The fraction of sp³-hybridized carbons (Fsp3) is 0.364. The van der Waals surface area contributed by atoms with Crippen LogP contribution in [0.3, 0.4) is 0 Å². The number of aliphatic carboxylic acids is 1. The smallest absolute Gasteiger partial charge is 0.317 e. The van der Waals surface area contributed by atoms with Gasteiger partial charge in [0.25, 0.3) is 0 Å². The zero-order chi connectivity index (χ0) is 10.8. The lowest BCUT2D eigenvalue weighted by molar-refractivity contribution is -0.136. The number of carbonyl (C=O) groups is 1. The van der Waals surface area contributed by atoms with Gasteiger partial charge in [0.05, 0.1) is 0 Å². The highest BCUT2D eigenvalue weighted by molar-refractivity contribution is 8.00. The number of benzene rings is 1. The van der Waals surface area contributed by atoms with Gasteiger partial charge in [0.1, 0.15) is 11.0 Å². The summed E-state index contributed by atoms with van der Waals surface area (Å²) in [6, 6.07) is 6.73. The van der Waals surface area contributed by atoms with Crippen LogP contribution in [0.1, 0.15) is 12.8 Å². The molecule has 4 heteroatoms. The van der Waals surface area contributed by atoms with Gasteiger partial charge in [-0.1, -0.05) is 6.07 Å². The third-order valence-electron chi connectivity index (χ3n) is 2.37. The predicted molar refractivity (Wildman–Crippen MR) is 58.1 cm³/mol. The van der Waals surface area contributed by atoms with Crippen LogP contribution in [0.5, 0.6) is 5.75 Å². The zero-order valence-corrected chi connectivity index (χ0v) is 8.91. The quantitative estimate of drug-likeness (QED) is 0.771. The van der Waals surface area contributed by atoms with E-state index in [1.165, 1.54) is 11.8 Å². The van der Waals surface area contributed by atoms with Crippen molar-refractivity contribution in [3.05, 3.63) is 24.3 Å². The molecular weight excluding hydrogens is 212 g/mol. The van der Waals surface area contributed by atoms with Gasteiger partial charge >= 0.3 is 5.97 Å². The highest BCUT2D eigenvalue weighted by Gasteiger charge is 2.36. The van der Waals surface area contributed by atoms with Gasteiger partial charge in [-0.2, -0.15) is 0 Å². The topological polar surface area (TPSA) is 57.5 Å². The van der Waals surface area contributed by atoms with Crippen molar-refractivity contribution in [2.24, 2.45) is 5.92 Å². The highest BCUT2D eigenvalue weighted by Crippen LogP contribution is 2.42. The molecule has 1 aliphatic carbocycles. The summed E-state index contributed by atoms with van der Waals surface area (Å²) >= 11 is 1.32. The Hall–Kier alpha value is -1.16. The van der Waals surface area contributed by atoms with Gasteiger partial charge < -0.3 is 10.2 Å². The van der Waals surface area contributed by atoms with Crippen molar-refractivity contribution in [2.75, 3.05) is 0 Å². The molecule has 80 valence electrons. The minimum Gasteiger partial charge on any atom is -0.508 e. The summed E-state index contributed by atoms with van der Waals surface area (Å²) in [6.07, 6.45) is 2.01. The van der Waals surface area contributed by atoms with Crippen molar-refractivity contribution < 1.29 is 15.0 Å². The average Bonchev–Trinajstić information content (AvgIpc) is 2.97. The molecule has 0 aliphatic heterocycles. The number of phenolic OH excluding ortho intramolecular Hbond substituents is 1. The minimum absolute atomic E-state index is 0.180. The Morgan fingerprint density at radius 2 is 2.20 bits per heavy atom. The van der Waals surface area contributed by atoms with E-state index in [9.17, 15) is 9.90 Å². The fourth-order valence-corrected chi connectivity index (χ4v) is 2.66. The second-order valence-corrected chi connectivity index (χ2v) is 4.93. The Labute approximate surface area is 92.1 Å². The van der Waals surface area contributed by atoms with Gasteiger partial charge in [-0.15, -0.1) is 11.8 Å². The lowest BCUT2D eigenvalue weighted by Gasteiger charge is -2.10. The SMILES string of the molecule is O=C(O)C(Sc1cccc(O)c1)C1CC1. The Balaban J connectivity index is 2.08. The molecule has 0 heterocycles. The molecule has 0 saturated heterocycles. The zero-order valence-electron chi connectivity index (χ0n) is 8.09. The number of hydrogen-bond donors (Lipinski definition) is 2. The van der Waals surface area contributed by atoms with Gasteiger partial charge in [-0.3, -0.25) is 4.79 Å². The third kappa shape index (κ3) is 2.65. The van der Waals surface area contributed by atoms with E-state index in [0.29, 0.717) is 5.92 Å². The van der Waals surface area contributed by atoms with E-state index in [-0.39, 0.29) is 11.0 Å². The summed E-state index contributed by atoms with van der Waals surface area (Å²) in [5.74, 6) is -0.277. The summed E-state index contributed by atoms with van der Waals surface area (Å²) in [5.41, 5.74) is 0. The number of hydrogen-bond acceptors (Lipinski definition) is 3. The molecule has 1 aliphatic rings. The third-order valence-corrected chi connectivity index (χ3v) is 3.74. The van der Waals surface area contributed by atoms with Crippen LogP contribution >= 0.6 is 11.8 Å². The van der Waals surface area contributed by atoms with Crippen molar-refractivity contribution in [1.82, 2.24) is 0 Å². The maximum atomic E-state index is 11.0. The van der Waals surface area contributed by atoms with Crippen LogP contribution < -0.4 is 0 Å². The summed E-state index contributed by atoms with van der Waals surface area (Å²) in [7, 11) is 0. The lowest BCUT2D eigenvalue weighted by atomic mass is 10.3. The monoisotopic (exact) mass is 224 g/mol. The Morgan fingerprint density at radius 1 is 1.47 bits per heavy atom. The molecule has 0 spiro atoms. The molecule has 1 saturated carbocycles. The van der Waals surface area contributed by atoms with Crippen molar-refractivity contribution in [2.45, 2.75) is 23.0 Å². The Kier molecular flexibility index (Phi) is 2.86. The number of thioether (sulfide) groups is 1. The maximum absolute atomic E-state index is 11.0. The minimum atomic E-state index is -0.758. The molecule has 2 rings (SSSR count). The summed E-state index contributed by atoms with van der Waals surface area (Å²) < 4.78 is 0. The molecule has 1 fully saturated rings. The standard InChI is InChI=1S/C11H12O3S/c12-8-2-1-3-9(6-8)15-10(11(13)14)7-4-5-7/h1-3,6-7,10,12H,4-5H2,(H,13,14). The van der Waals surface area contributed by atoms with E-state index in [4.69, 9.17) is 5.11 Å². The van der Waals surface area contributed by atoms with Gasteiger partial charge in [0.2, 0.25) is 0 Å². The fourth-order valence-electron chi connectivity index (χ4n) is 1.45. The Morgan fingerprint density at radius 3 is 2.73 bits per heavy atom. The second-order valence-electron chi connectivity index (χ2n) is 3.71. The molecule has 1 unspecified atom stereocenters. The Bertz CT molecular complexity index is 374. The van der Waals surface area contributed by atoms with Crippen LogP contribution in [-0.4, -0.2) is 21.4 Å². The molecule has 0 aromatic heterocycles. The molecule has 15 heavy (non-hydrogen) atoms. The first-order valence-corrected chi connectivity index (χ1v) is 5.73. The van der Waals surface area contributed by atoms with Crippen molar-refractivity contribution in [1.29, 1.82) is 0 Å². The van der Waals surface area contributed by atoms with E-state index in [0.717, 1.165) is 17.7 Å². The first kappa shape index (κ1) is 10.4. The van der Waals surface area contributed by atoms with Crippen LogP contribution in [0.25, 0.3) is 0 Å². The first-order chi connectivity index (χ1) is 7.16. The molecule has 0 bridgehead atoms. The first-order valence-electron chi connectivity index (χ1n) is 4.85. The van der Waals surface area contributed by atoms with Crippen molar-refractivity contribution in [3.63, 3.8) is 0 Å². The highest BCUT2D eigenvalue weighted by atomic mass is 32.2. The van der Waals surface area contributed by atoms with E-state index < -0.39 is 5.97 Å². The summed E-state index contributed by atoms with van der Waals surface area (Å²) in [6.45, 7) is 0. The van der Waals surface area contributed by atoms with E-state index >= 15 is 0 Å². The van der Waals surface area contributed by atoms with Gasteiger partial charge in [0, 0.05) is 4.90 Å². The molecule has 1 atom stereocenters. The molecule has 1 aromatic rings. The van der Waals surface area contributed by atoms with E-state index in [2.05, 4.69) is 0 Å². The van der Waals surface area contributed by atoms with E-state index in [1.54, 1.807) is 18.2 Å².